The van der Waals surface area contributed by atoms with Crippen LogP contribution < -0.4 is 0 Å². The number of thiazole rings is 1. The van der Waals surface area contributed by atoms with Gasteiger partial charge in [-0.15, -0.1) is 11.3 Å². The summed E-state index contributed by atoms with van der Waals surface area (Å²) < 4.78 is 0. The lowest BCUT2D eigenvalue weighted by Crippen LogP contribution is -2.49. The molecule has 1 aromatic rings. The Kier molecular flexibility index (Phi) is 4.90. The Hall–Kier alpha value is -1.43. The van der Waals surface area contributed by atoms with E-state index in [1.54, 1.807) is 16.2 Å². The summed E-state index contributed by atoms with van der Waals surface area (Å²) in [5.41, 5.74) is 0.767. The van der Waals surface area contributed by atoms with Gasteiger partial charge in [-0.2, -0.15) is 0 Å². The van der Waals surface area contributed by atoms with Gasteiger partial charge in [0.25, 0.3) is 0 Å². The highest BCUT2D eigenvalue weighted by Crippen LogP contribution is 2.27. The maximum Gasteiger partial charge on any atom is 0.308 e. The minimum Gasteiger partial charge on any atom is -0.481 e. The van der Waals surface area contributed by atoms with Crippen LogP contribution >= 0.6 is 11.3 Å². The Balaban J connectivity index is 2.05. The Labute approximate surface area is 135 Å². The first-order valence-corrected chi connectivity index (χ1v) is 8.55. The maximum absolute atomic E-state index is 12.5. The van der Waals surface area contributed by atoms with Crippen molar-refractivity contribution < 1.29 is 14.7 Å². The lowest BCUT2D eigenvalue weighted by Gasteiger charge is -2.37. The number of rotatable bonds is 3. The molecule has 22 heavy (non-hydrogen) atoms. The van der Waals surface area contributed by atoms with Crippen molar-refractivity contribution in [2.45, 2.75) is 58.4 Å². The summed E-state index contributed by atoms with van der Waals surface area (Å²) in [4.78, 5) is 30.0. The van der Waals surface area contributed by atoms with Crippen LogP contribution in [0.15, 0.2) is 5.38 Å². The normalized spacial score (nSPS) is 22.6. The molecule has 1 N–H and O–H groups in total. The Morgan fingerprint density at radius 1 is 1.45 bits per heavy atom. The highest BCUT2D eigenvalue weighted by atomic mass is 32.1. The van der Waals surface area contributed by atoms with E-state index in [0.717, 1.165) is 17.1 Å². The molecule has 2 heterocycles. The summed E-state index contributed by atoms with van der Waals surface area (Å²) in [6.45, 7) is 8.77. The predicted octanol–water partition coefficient (Wildman–Crippen LogP) is 2.69. The van der Waals surface area contributed by atoms with E-state index in [1.807, 2.05) is 12.3 Å². The largest absolute Gasteiger partial charge is 0.481 e. The zero-order valence-corrected chi connectivity index (χ0v) is 14.4. The van der Waals surface area contributed by atoms with E-state index in [9.17, 15) is 14.7 Å². The zero-order valence-electron chi connectivity index (χ0n) is 13.6. The fourth-order valence-electron chi connectivity index (χ4n) is 2.81. The number of aromatic nitrogens is 1. The molecule has 5 nitrogen and oxygen atoms in total. The van der Waals surface area contributed by atoms with Gasteiger partial charge < -0.3 is 10.0 Å². The number of hydrogen-bond donors (Lipinski definition) is 1. The number of carbonyl (C=O) groups excluding carboxylic acids is 1. The fourth-order valence-corrected chi connectivity index (χ4v) is 3.72. The molecule has 0 unspecified atom stereocenters. The third kappa shape index (κ3) is 3.66. The van der Waals surface area contributed by atoms with E-state index in [0.29, 0.717) is 13.0 Å². The van der Waals surface area contributed by atoms with Gasteiger partial charge in [0.05, 0.1) is 23.0 Å². The molecule has 1 aliphatic rings. The first-order valence-electron chi connectivity index (χ1n) is 7.67. The van der Waals surface area contributed by atoms with E-state index in [2.05, 4.69) is 25.8 Å². The molecule has 1 aliphatic heterocycles. The lowest BCUT2D eigenvalue weighted by atomic mass is 9.90. The first-order chi connectivity index (χ1) is 10.2. The monoisotopic (exact) mass is 324 g/mol. The number of carboxylic acid groups (broad SMARTS) is 1. The molecule has 1 aromatic heterocycles. The van der Waals surface area contributed by atoms with E-state index in [4.69, 9.17) is 0 Å². The van der Waals surface area contributed by atoms with Gasteiger partial charge in [0, 0.05) is 23.4 Å². The van der Waals surface area contributed by atoms with Gasteiger partial charge in [0.15, 0.2) is 0 Å². The predicted molar refractivity (Wildman–Crippen MR) is 86.1 cm³/mol. The van der Waals surface area contributed by atoms with Crippen molar-refractivity contribution in [3.05, 3.63) is 16.1 Å². The molecule has 1 fully saturated rings. The van der Waals surface area contributed by atoms with Crippen LogP contribution in [0.25, 0.3) is 0 Å². The second-order valence-electron chi connectivity index (χ2n) is 6.99. The Bertz CT molecular complexity index is 562. The quantitative estimate of drug-likeness (QED) is 0.928. The van der Waals surface area contributed by atoms with Crippen LogP contribution in [0.3, 0.4) is 0 Å². The van der Waals surface area contributed by atoms with Crippen LogP contribution in [0.4, 0.5) is 0 Å². The number of aliphatic carboxylic acids is 1. The number of piperidine rings is 1. The number of hydrogen-bond acceptors (Lipinski definition) is 4. The molecule has 0 radical (unpaired) electrons. The number of carboxylic acids is 1. The van der Waals surface area contributed by atoms with Crippen LogP contribution in [-0.4, -0.2) is 39.5 Å². The molecule has 2 atom stereocenters. The molecule has 0 aromatic carbocycles. The Morgan fingerprint density at radius 3 is 2.68 bits per heavy atom. The molecule has 6 heteroatoms. The standard InChI is InChI=1S/C16H24N2O3S/c1-10-12(14(20)21)6-5-7-18(10)13(19)8-11-9-22-15(17-11)16(2,3)4/h9-10,12H,5-8H2,1-4H3,(H,20,21)/t10-,12-/m1/s1. The maximum atomic E-state index is 12.5. The van der Waals surface area contributed by atoms with E-state index < -0.39 is 11.9 Å². The lowest BCUT2D eigenvalue weighted by molar-refractivity contribution is -0.148. The molecule has 0 aliphatic carbocycles. The summed E-state index contributed by atoms with van der Waals surface area (Å²) in [5, 5.41) is 12.2. The number of amides is 1. The SMILES string of the molecule is C[C@@H]1[C@H](C(=O)O)CCCN1C(=O)Cc1csc(C(C)(C)C)n1. The summed E-state index contributed by atoms with van der Waals surface area (Å²) in [6.07, 6.45) is 1.64. The smallest absolute Gasteiger partial charge is 0.308 e. The van der Waals surface area contributed by atoms with Gasteiger partial charge in [-0.05, 0) is 19.8 Å². The average molecular weight is 324 g/mol. The van der Waals surface area contributed by atoms with Gasteiger partial charge in [0.1, 0.15) is 0 Å². The van der Waals surface area contributed by atoms with E-state index >= 15 is 0 Å². The van der Waals surface area contributed by atoms with Gasteiger partial charge in [-0.25, -0.2) is 4.98 Å². The zero-order chi connectivity index (χ0) is 16.5. The van der Waals surface area contributed by atoms with Crippen LogP contribution in [0.5, 0.6) is 0 Å². The first kappa shape index (κ1) is 16.9. The van der Waals surface area contributed by atoms with Crippen molar-refractivity contribution in [1.82, 2.24) is 9.88 Å². The van der Waals surface area contributed by atoms with Crippen LogP contribution in [0.2, 0.25) is 0 Å². The molecule has 122 valence electrons. The average Bonchev–Trinajstić information content (AvgIpc) is 2.86. The molecular formula is C16H24N2O3S. The van der Waals surface area contributed by atoms with Crippen molar-refractivity contribution >= 4 is 23.2 Å². The van der Waals surface area contributed by atoms with Crippen LogP contribution in [-0.2, 0) is 21.4 Å². The van der Waals surface area contributed by atoms with Crippen molar-refractivity contribution in [3.8, 4) is 0 Å². The van der Waals surface area contributed by atoms with Crippen molar-refractivity contribution in [3.63, 3.8) is 0 Å². The van der Waals surface area contributed by atoms with Crippen LogP contribution in [0, 0.1) is 5.92 Å². The van der Waals surface area contributed by atoms with Gasteiger partial charge >= 0.3 is 5.97 Å². The molecule has 2 rings (SSSR count). The molecule has 0 saturated carbocycles. The van der Waals surface area contributed by atoms with Crippen molar-refractivity contribution in [2.75, 3.05) is 6.54 Å². The van der Waals surface area contributed by atoms with Gasteiger partial charge in [0.2, 0.25) is 5.91 Å². The summed E-state index contributed by atoms with van der Waals surface area (Å²) >= 11 is 1.58. The van der Waals surface area contributed by atoms with Gasteiger partial charge in [-0.3, -0.25) is 9.59 Å². The third-order valence-corrected chi connectivity index (χ3v) is 5.47. The van der Waals surface area contributed by atoms with Crippen molar-refractivity contribution in [1.29, 1.82) is 0 Å². The van der Waals surface area contributed by atoms with Crippen molar-refractivity contribution in [2.24, 2.45) is 5.92 Å². The molecule has 0 spiro atoms. The second kappa shape index (κ2) is 6.36. The highest BCUT2D eigenvalue weighted by molar-refractivity contribution is 7.09. The second-order valence-corrected chi connectivity index (χ2v) is 7.84. The minimum atomic E-state index is -0.811. The summed E-state index contributed by atoms with van der Waals surface area (Å²) in [7, 11) is 0. The minimum absolute atomic E-state index is 0.0151. The molecule has 1 saturated heterocycles. The van der Waals surface area contributed by atoms with E-state index in [-0.39, 0.29) is 23.8 Å². The summed E-state index contributed by atoms with van der Waals surface area (Å²) in [6, 6.07) is -0.250. The molecular weight excluding hydrogens is 300 g/mol. The number of carbonyl (C=O) groups is 2. The highest BCUT2D eigenvalue weighted by Gasteiger charge is 2.35. The summed E-state index contributed by atoms with van der Waals surface area (Å²) in [5.74, 6) is -1.30. The van der Waals surface area contributed by atoms with Crippen LogP contribution in [0.1, 0.15) is 51.2 Å². The molecule has 1 amide bonds. The third-order valence-electron chi connectivity index (χ3n) is 4.15. The number of likely N-dealkylation sites (tertiary alicyclic amines) is 1. The van der Waals surface area contributed by atoms with Gasteiger partial charge in [-0.1, -0.05) is 20.8 Å². The number of nitrogens with zero attached hydrogens (tertiary/aromatic N) is 2. The molecule has 0 bridgehead atoms. The Morgan fingerprint density at radius 2 is 2.14 bits per heavy atom. The fraction of sp³-hybridized carbons (Fsp3) is 0.688. The topological polar surface area (TPSA) is 70.5 Å². The van der Waals surface area contributed by atoms with E-state index in [1.165, 1.54) is 0 Å².